The molecule has 4 aliphatic rings. The van der Waals surface area contributed by atoms with E-state index in [1.165, 1.54) is 12.0 Å². The van der Waals surface area contributed by atoms with Gasteiger partial charge in [0.05, 0.1) is 5.92 Å². The van der Waals surface area contributed by atoms with Gasteiger partial charge in [0.2, 0.25) is 0 Å². The molecule has 82 valence electrons. The third-order valence-electron chi connectivity index (χ3n) is 4.67. The van der Waals surface area contributed by atoms with Gasteiger partial charge in [-0.1, -0.05) is 12.2 Å². The minimum absolute atomic E-state index is 0.0605. The Balaban J connectivity index is 2.02. The standard InChI is InChI=1S/C13H18O2/c1-8(2)13-5-9-3-10(6-13)12(14)15-11(4-9)7-13/h9-11H,1,3-7H2,2H3. The fraction of sp³-hybridized carbons (Fsp3) is 0.769. The van der Waals surface area contributed by atoms with E-state index in [2.05, 4.69) is 13.5 Å². The second-order valence-electron chi connectivity index (χ2n) is 5.77. The fourth-order valence-electron chi connectivity index (χ4n) is 3.97. The molecule has 2 heteroatoms. The molecule has 0 spiro atoms. The molecule has 0 radical (unpaired) electrons. The van der Waals surface area contributed by atoms with Crippen LogP contribution in [0.5, 0.6) is 0 Å². The minimum atomic E-state index is 0.0605. The van der Waals surface area contributed by atoms with E-state index >= 15 is 0 Å². The Labute approximate surface area is 90.7 Å². The largest absolute Gasteiger partial charge is 0.462 e. The van der Waals surface area contributed by atoms with E-state index in [1.54, 1.807) is 0 Å². The molecule has 2 saturated heterocycles. The van der Waals surface area contributed by atoms with Crippen LogP contribution in [0.25, 0.3) is 0 Å². The van der Waals surface area contributed by atoms with Crippen molar-refractivity contribution in [1.82, 2.24) is 0 Å². The van der Waals surface area contributed by atoms with E-state index in [0.717, 1.165) is 25.7 Å². The van der Waals surface area contributed by atoms with Crippen molar-refractivity contribution in [1.29, 1.82) is 0 Å². The number of fused-ring (bicyclic) bond motifs is 1. The number of rotatable bonds is 1. The molecular formula is C13H18O2. The van der Waals surface area contributed by atoms with Crippen LogP contribution in [0.1, 0.15) is 39.0 Å². The molecule has 0 amide bonds. The van der Waals surface area contributed by atoms with Crippen molar-refractivity contribution >= 4 is 5.97 Å². The summed E-state index contributed by atoms with van der Waals surface area (Å²) >= 11 is 0. The Bertz CT molecular complexity index is 333. The van der Waals surface area contributed by atoms with Crippen molar-refractivity contribution in [2.24, 2.45) is 17.3 Å². The lowest BCUT2D eigenvalue weighted by Crippen LogP contribution is -2.40. The SMILES string of the molecule is C=C(C)C12CC3CC(C1)OC(=O)C(C3)C2. The molecule has 2 heterocycles. The highest BCUT2D eigenvalue weighted by Crippen LogP contribution is 2.57. The van der Waals surface area contributed by atoms with Gasteiger partial charge in [0.25, 0.3) is 0 Å². The van der Waals surface area contributed by atoms with Gasteiger partial charge in [-0.2, -0.15) is 0 Å². The first-order chi connectivity index (χ1) is 7.09. The quantitative estimate of drug-likeness (QED) is 0.487. The monoisotopic (exact) mass is 206 g/mol. The first-order valence-corrected chi connectivity index (χ1v) is 5.95. The second-order valence-corrected chi connectivity index (χ2v) is 5.77. The van der Waals surface area contributed by atoms with Crippen LogP contribution in [-0.2, 0) is 9.53 Å². The molecule has 0 aromatic heterocycles. The van der Waals surface area contributed by atoms with Crippen LogP contribution in [-0.4, -0.2) is 12.1 Å². The zero-order valence-electron chi connectivity index (χ0n) is 9.29. The summed E-state index contributed by atoms with van der Waals surface area (Å²) in [6.45, 7) is 6.27. The van der Waals surface area contributed by atoms with Gasteiger partial charge < -0.3 is 4.74 Å². The van der Waals surface area contributed by atoms with Gasteiger partial charge in [0.15, 0.2) is 0 Å². The molecule has 0 N–H and O–H groups in total. The van der Waals surface area contributed by atoms with E-state index in [1.807, 2.05) is 0 Å². The number of allylic oxidation sites excluding steroid dienone is 1. The summed E-state index contributed by atoms with van der Waals surface area (Å²) < 4.78 is 5.53. The number of carbonyl (C=O) groups excluding carboxylic acids is 1. The van der Waals surface area contributed by atoms with Crippen LogP contribution < -0.4 is 0 Å². The Kier molecular flexibility index (Phi) is 1.80. The Morgan fingerprint density at radius 1 is 1.40 bits per heavy atom. The summed E-state index contributed by atoms with van der Waals surface area (Å²) in [7, 11) is 0. The van der Waals surface area contributed by atoms with Crippen LogP contribution in [0, 0.1) is 17.3 Å². The van der Waals surface area contributed by atoms with E-state index in [4.69, 9.17) is 4.74 Å². The highest BCUT2D eigenvalue weighted by Gasteiger charge is 2.52. The molecule has 4 fully saturated rings. The predicted molar refractivity (Wildman–Crippen MR) is 57.2 cm³/mol. The number of hydrogen-bond acceptors (Lipinski definition) is 2. The lowest BCUT2D eigenvalue weighted by Gasteiger charge is -2.47. The fourth-order valence-corrected chi connectivity index (χ4v) is 3.97. The molecule has 0 aromatic carbocycles. The zero-order chi connectivity index (χ0) is 10.6. The molecule has 2 aliphatic heterocycles. The molecular weight excluding hydrogens is 188 g/mol. The van der Waals surface area contributed by atoms with E-state index in [9.17, 15) is 4.79 Å². The highest BCUT2D eigenvalue weighted by molar-refractivity contribution is 5.73. The van der Waals surface area contributed by atoms with Gasteiger partial charge in [-0.25, -0.2) is 0 Å². The first-order valence-electron chi connectivity index (χ1n) is 5.95. The van der Waals surface area contributed by atoms with Crippen molar-refractivity contribution in [2.45, 2.75) is 45.1 Å². The van der Waals surface area contributed by atoms with Crippen molar-refractivity contribution in [3.05, 3.63) is 12.2 Å². The van der Waals surface area contributed by atoms with E-state index < -0.39 is 0 Å². The Morgan fingerprint density at radius 2 is 2.20 bits per heavy atom. The van der Waals surface area contributed by atoms with E-state index in [0.29, 0.717) is 5.92 Å². The van der Waals surface area contributed by atoms with Gasteiger partial charge in [0.1, 0.15) is 6.10 Å². The molecule has 4 bridgehead atoms. The third-order valence-corrected chi connectivity index (χ3v) is 4.67. The summed E-state index contributed by atoms with van der Waals surface area (Å²) in [4.78, 5) is 11.8. The summed E-state index contributed by atoms with van der Waals surface area (Å²) in [6.07, 6.45) is 5.60. The predicted octanol–water partition coefficient (Wildman–Crippen LogP) is 2.68. The van der Waals surface area contributed by atoms with Crippen molar-refractivity contribution in [3.63, 3.8) is 0 Å². The Hall–Kier alpha value is -0.790. The summed E-state index contributed by atoms with van der Waals surface area (Å²) in [5.41, 5.74) is 1.49. The summed E-state index contributed by atoms with van der Waals surface area (Å²) in [6, 6.07) is 0. The minimum Gasteiger partial charge on any atom is -0.462 e. The zero-order valence-corrected chi connectivity index (χ0v) is 9.29. The molecule has 4 atom stereocenters. The van der Waals surface area contributed by atoms with Crippen LogP contribution in [0.2, 0.25) is 0 Å². The Morgan fingerprint density at radius 3 is 2.93 bits per heavy atom. The highest BCUT2D eigenvalue weighted by atomic mass is 16.5. The molecule has 4 rings (SSSR count). The van der Waals surface area contributed by atoms with Gasteiger partial charge >= 0.3 is 5.97 Å². The number of hydrogen-bond donors (Lipinski definition) is 0. The third kappa shape index (κ3) is 1.27. The van der Waals surface area contributed by atoms with Gasteiger partial charge in [-0.3, -0.25) is 4.79 Å². The maximum absolute atomic E-state index is 11.8. The van der Waals surface area contributed by atoms with Crippen LogP contribution >= 0.6 is 0 Å². The average molecular weight is 206 g/mol. The maximum Gasteiger partial charge on any atom is 0.309 e. The van der Waals surface area contributed by atoms with Gasteiger partial charge in [-0.05, 0) is 50.4 Å². The van der Waals surface area contributed by atoms with Gasteiger partial charge in [0, 0.05) is 0 Å². The molecule has 2 nitrogen and oxygen atoms in total. The molecule has 15 heavy (non-hydrogen) atoms. The summed E-state index contributed by atoms with van der Waals surface area (Å²) in [5.74, 6) is 0.920. The summed E-state index contributed by atoms with van der Waals surface area (Å²) in [5, 5.41) is 0. The molecule has 2 aliphatic carbocycles. The van der Waals surface area contributed by atoms with Crippen molar-refractivity contribution in [3.8, 4) is 0 Å². The van der Waals surface area contributed by atoms with Gasteiger partial charge in [-0.15, -0.1) is 0 Å². The molecule has 0 aromatic rings. The normalized spacial score (nSPS) is 47.5. The van der Waals surface area contributed by atoms with Crippen LogP contribution in [0.3, 0.4) is 0 Å². The molecule has 2 saturated carbocycles. The maximum atomic E-state index is 11.8. The van der Waals surface area contributed by atoms with Crippen LogP contribution in [0.15, 0.2) is 12.2 Å². The number of ether oxygens (including phenoxy) is 1. The van der Waals surface area contributed by atoms with Crippen molar-refractivity contribution in [2.75, 3.05) is 0 Å². The number of carbonyl (C=O) groups is 1. The van der Waals surface area contributed by atoms with Crippen molar-refractivity contribution < 1.29 is 9.53 Å². The first kappa shape index (κ1) is 9.44. The lowest BCUT2D eigenvalue weighted by molar-refractivity contribution is -0.151. The van der Waals surface area contributed by atoms with E-state index in [-0.39, 0.29) is 23.4 Å². The topological polar surface area (TPSA) is 26.3 Å². The smallest absolute Gasteiger partial charge is 0.309 e. The average Bonchev–Trinajstić information content (AvgIpc) is 2.30. The molecule has 4 unspecified atom stereocenters. The van der Waals surface area contributed by atoms with Crippen LogP contribution in [0.4, 0.5) is 0 Å². The second kappa shape index (κ2) is 2.87. The lowest BCUT2D eigenvalue weighted by atomic mass is 9.57. The number of esters is 1.